The van der Waals surface area contributed by atoms with E-state index in [4.69, 9.17) is 9.47 Å². The van der Waals surface area contributed by atoms with Crippen LogP contribution in [0.3, 0.4) is 0 Å². The molecular weight excluding hydrogens is 412 g/mol. The van der Waals surface area contributed by atoms with Gasteiger partial charge >= 0.3 is 0 Å². The Bertz CT molecular complexity index is 894. The molecule has 0 unspecified atom stereocenters. The molecule has 2 saturated heterocycles. The molecule has 1 amide bonds. The first-order valence-electron chi connectivity index (χ1n) is 12.4. The topological polar surface area (TPSA) is 50.8 Å². The zero-order valence-corrected chi connectivity index (χ0v) is 20.3. The molecule has 2 aliphatic rings. The van der Waals surface area contributed by atoms with Gasteiger partial charge in [-0.1, -0.05) is 43.7 Å². The number of aryl methyl sites for hydroxylation is 1. The van der Waals surface area contributed by atoms with Crippen molar-refractivity contribution in [1.82, 2.24) is 4.90 Å². The maximum Gasteiger partial charge on any atom is 0.235 e. The van der Waals surface area contributed by atoms with Crippen molar-refractivity contribution in [3.63, 3.8) is 0 Å². The highest BCUT2D eigenvalue weighted by Crippen LogP contribution is 2.36. The summed E-state index contributed by atoms with van der Waals surface area (Å²) in [5, 5.41) is 3.15. The molecule has 0 aromatic heterocycles. The number of piperidine rings is 1. The zero-order chi connectivity index (χ0) is 23.3. The SMILES string of the molecule is Cc1ccc(C2(C(=O)Nc3ccc(OCCN4C[C@H](C)C[C@H](C)C4)cc3)CCOCC2)cc1. The molecule has 2 aliphatic heterocycles. The number of nitrogens with one attached hydrogen (secondary N) is 1. The fourth-order valence-corrected chi connectivity index (χ4v) is 5.39. The van der Waals surface area contributed by atoms with E-state index in [1.165, 1.54) is 12.0 Å². The van der Waals surface area contributed by atoms with Crippen LogP contribution in [-0.4, -0.2) is 50.3 Å². The molecule has 5 nitrogen and oxygen atoms in total. The number of nitrogens with zero attached hydrogens (tertiary/aromatic N) is 1. The van der Waals surface area contributed by atoms with Crippen molar-refractivity contribution in [2.45, 2.75) is 45.4 Å². The average molecular weight is 451 g/mol. The van der Waals surface area contributed by atoms with Gasteiger partial charge in [0, 0.05) is 38.5 Å². The molecule has 0 spiro atoms. The van der Waals surface area contributed by atoms with E-state index in [-0.39, 0.29) is 5.91 Å². The van der Waals surface area contributed by atoms with Crippen LogP contribution in [0.2, 0.25) is 0 Å². The second-order valence-electron chi connectivity index (χ2n) is 10.1. The quantitative estimate of drug-likeness (QED) is 0.642. The Morgan fingerprint density at radius 1 is 1.03 bits per heavy atom. The van der Waals surface area contributed by atoms with Gasteiger partial charge in [0.15, 0.2) is 0 Å². The highest BCUT2D eigenvalue weighted by Gasteiger charge is 2.41. The first-order valence-corrected chi connectivity index (χ1v) is 12.4. The maximum absolute atomic E-state index is 13.5. The normalized spacial score (nSPS) is 23.1. The summed E-state index contributed by atoms with van der Waals surface area (Å²) in [6, 6.07) is 16.1. The third kappa shape index (κ3) is 5.96. The van der Waals surface area contributed by atoms with Crippen LogP contribution in [0.5, 0.6) is 5.75 Å². The third-order valence-corrected chi connectivity index (χ3v) is 7.12. The largest absolute Gasteiger partial charge is 0.492 e. The van der Waals surface area contributed by atoms with Crippen LogP contribution in [0.15, 0.2) is 48.5 Å². The summed E-state index contributed by atoms with van der Waals surface area (Å²) in [5.41, 5.74) is 2.50. The van der Waals surface area contributed by atoms with Crippen LogP contribution >= 0.6 is 0 Å². The molecule has 2 fully saturated rings. The van der Waals surface area contributed by atoms with Crippen molar-refractivity contribution >= 4 is 11.6 Å². The van der Waals surface area contributed by atoms with Crippen LogP contribution in [-0.2, 0) is 14.9 Å². The monoisotopic (exact) mass is 450 g/mol. The molecule has 0 bridgehead atoms. The number of rotatable bonds is 7. The lowest BCUT2D eigenvalue weighted by Gasteiger charge is -2.36. The van der Waals surface area contributed by atoms with Gasteiger partial charge in [0.2, 0.25) is 5.91 Å². The summed E-state index contributed by atoms with van der Waals surface area (Å²) in [7, 11) is 0. The Kier molecular flexibility index (Phi) is 7.71. The van der Waals surface area contributed by atoms with Crippen molar-refractivity contribution in [1.29, 1.82) is 0 Å². The second kappa shape index (κ2) is 10.7. The molecule has 4 rings (SSSR count). The van der Waals surface area contributed by atoms with Crippen molar-refractivity contribution in [2.24, 2.45) is 11.8 Å². The Labute approximate surface area is 198 Å². The van der Waals surface area contributed by atoms with E-state index in [1.807, 2.05) is 24.3 Å². The molecule has 0 aliphatic carbocycles. The molecule has 5 heteroatoms. The van der Waals surface area contributed by atoms with E-state index in [0.717, 1.165) is 48.5 Å². The molecule has 33 heavy (non-hydrogen) atoms. The van der Waals surface area contributed by atoms with Gasteiger partial charge in [-0.2, -0.15) is 0 Å². The Morgan fingerprint density at radius 2 is 1.67 bits per heavy atom. The summed E-state index contributed by atoms with van der Waals surface area (Å²) < 4.78 is 11.6. The summed E-state index contributed by atoms with van der Waals surface area (Å²) in [4.78, 5) is 16.0. The number of benzene rings is 2. The Morgan fingerprint density at radius 3 is 2.30 bits per heavy atom. The van der Waals surface area contributed by atoms with E-state index in [9.17, 15) is 4.79 Å². The number of likely N-dealkylation sites (tertiary alicyclic amines) is 1. The standard InChI is InChI=1S/C28H38N2O3/c1-21-4-6-24(7-5-21)28(12-15-32-16-13-28)27(31)29-25-8-10-26(11-9-25)33-17-14-30-19-22(2)18-23(3)20-30/h4-11,22-23H,12-20H2,1-3H3,(H,29,31)/t22-,23+. The molecular formula is C28H38N2O3. The third-order valence-electron chi connectivity index (χ3n) is 7.12. The lowest BCUT2D eigenvalue weighted by atomic mass is 9.73. The van der Waals surface area contributed by atoms with Gasteiger partial charge in [-0.05, 0) is 67.9 Å². The number of hydrogen-bond acceptors (Lipinski definition) is 4. The minimum Gasteiger partial charge on any atom is -0.492 e. The molecule has 2 aromatic rings. The minimum atomic E-state index is -0.552. The highest BCUT2D eigenvalue weighted by atomic mass is 16.5. The fourth-order valence-electron chi connectivity index (χ4n) is 5.39. The summed E-state index contributed by atoms with van der Waals surface area (Å²) in [6.07, 6.45) is 2.70. The van der Waals surface area contributed by atoms with Crippen molar-refractivity contribution in [3.8, 4) is 5.75 Å². The van der Waals surface area contributed by atoms with Crippen molar-refractivity contribution in [3.05, 3.63) is 59.7 Å². The lowest BCUT2D eigenvalue weighted by molar-refractivity contribution is -0.125. The molecule has 2 heterocycles. The van der Waals surface area contributed by atoms with Crippen LogP contribution in [0, 0.1) is 18.8 Å². The summed E-state index contributed by atoms with van der Waals surface area (Å²) >= 11 is 0. The molecule has 178 valence electrons. The van der Waals surface area contributed by atoms with Gasteiger partial charge in [0.1, 0.15) is 12.4 Å². The van der Waals surface area contributed by atoms with Crippen LogP contribution < -0.4 is 10.1 Å². The second-order valence-corrected chi connectivity index (χ2v) is 10.1. The fraction of sp³-hybridized carbons (Fsp3) is 0.536. The van der Waals surface area contributed by atoms with Gasteiger partial charge in [0.25, 0.3) is 0 Å². The first-order chi connectivity index (χ1) is 15.9. The summed E-state index contributed by atoms with van der Waals surface area (Å²) in [6.45, 7) is 11.9. The molecule has 0 radical (unpaired) electrons. The van der Waals surface area contributed by atoms with Gasteiger partial charge in [-0.25, -0.2) is 0 Å². The molecule has 2 atom stereocenters. The van der Waals surface area contributed by atoms with Gasteiger partial charge in [0.05, 0.1) is 5.41 Å². The predicted molar refractivity (Wildman–Crippen MR) is 133 cm³/mol. The lowest BCUT2D eigenvalue weighted by Crippen LogP contribution is -2.44. The number of carbonyl (C=O) groups excluding carboxylic acids is 1. The van der Waals surface area contributed by atoms with Gasteiger partial charge in [-0.15, -0.1) is 0 Å². The molecule has 1 N–H and O–H groups in total. The van der Waals surface area contributed by atoms with E-state index in [2.05, 4.69) is 55.3 Å². The number of anilines is 1. The minimum absolute atomic E-state index is 0.0386. The number of carbonyl (C=O) groups is 1. The number of ether oxygens (including phenoxy) is 2. The van der Waals surface area contributed by atoms with Crippen LogP contribution in [0.25, 0.3) is 0 Å². The van der Waals surface area contributed by atoms with E-state index >= 15 is 0 Å². The van der Waals surface area contributed by atoms with E-state index in [0.29, 0.717) is 32.7 Å². The van der Waals surface area contributed by atoms with Crippen LogP contribution in [0.1, 0.15) is 44.2 Å². The van der Waals surface area contributed by atoms with E-state index < -0.39 is 5.41 Å². The number of amides is 1. The van der Waals surface area contributed by atoms with Crippen molar-refractivity contribution < 1.29 is 14.3 Å². The predicted octanol–water partition coefficient (Wildman–Crippen LogP) is 5.04. The summed E-state index contributed by atoms with van der Waals surface area (Å²) in [5.74, 6) is 2.40. The number of hydrogen-bond donors (Lipinski definition) is 1. The smallest absolute Gasteiger partial charge is 0.235 e. The van der Waals surface area contributed by atoms with Crippen molar-refractivity contribution in [2.75, 3.05) is 44.8 Å². The average Bonchev–Trinajstić information content (AvgIpc) is 2.80. The molecule has 2 aromatic carbocycles. The first kappa shape index (κ1) is 23.8. The van der Waals surface area contributed by atoms with Crippen LogP contribution in [0.4, 0.5) is 5.69 Å². The zero-order valence-electron chi connectivity index (χ0n) is 20.3. The Balaban J connectivity index is 1.34. The van der Waals surface area contributed by atoms with Gasteiger partial charge < -0.3 is 14.8 Å². The molecule has 0 saturated carbocycles. The van der Waals surface area contributed by atoms with E-state index in [1.54, 1.807) is 0 Å². The Hall–Kier alpha value is -2.37. The highest BCUT2D eigenvalue weighted by molar-refractivity contribution is 5.99. The van der Waals surface area contributed by atoms with Gasteiger partial charge in [-0.3, -0.25) is 9.69 Å². The maximum atomic E-state index is 13.5.